The zero-order valence-electron chi connectivity index (χ0n) is 10.4. The number of hydrogen-bond acceptors (Lipinski definition) is 5. The molecular formula is C13H13N3O3. The molecule has 0 spiro atoms. The van der Waals surface area contributed by atoms with Crippen LogP contribution in [0.4, 0.5) is 11.5 Å². The number of benzene rings is 1. The maximum absolute atomic E-state index is 10.6. The third kappa shape index (κ3) is 3.41. The van der Waals surface area contributed by atoms with E-state index in [9.17, 15) is 10.1 Å². The molecule has 0 bridgehead atoms. The van der Waals surface area contributed by atoms with E-state index in [2.05, 4.69) is 10.3 Å². The largest absolute Gasteiger partial charge is 0.497 e. The van der Waals surface area contributed by atoms with Gasteiger partial charge in [0.2, 0.25) is 0 Å². The summed E-state index contributed by atoms with van der Waals surface area (Å²) in [5, 5.41) is 13.7. The maximum Gasteiger partial charge on any atom is 0.365 e. The molecule has 0 unspecified atom stereocenters. The normalized spacial score (nSPS) is 9.95. The van der Waals surface area contributed by atoms with E-state index >= 15 is 0 Å². The molecule has 0 fully saturated rings. The van der Waals surface area contributed by atoms with Gasteiger partial charge in [0, 0.05) is 18.3 Å². The number of nitrogens with one attached hydrogen (secondary N) is 1. The van der Waals surface area contributed by atoms with Crippen molar-refractivity contribution in [1.82, 2.24) is 4.98 Å². The predicted molar refractivity (Wildman–Crippen MR) is 71.2 cm³/mol. The molecule has 0 saturated heterocycles. The van der Waals surface area contributed by atoms with Crippen LogP contribution in [0.1, 0.15) is 5.56 Å². The summed E-state index contributed by atoms with van der Waals surface area (Å²) >= 11 is 0. The lowest BCUT2D eigenvalue weighted by molar-refractivity contribution is -0.389. The monoisotopic (exact) mass is 259 g/mol. The molecule has 98 valence electrons. The van der Waals surface area contributed by atoms with E-state index in [1.54, 1.807) is 13.2 Å². The van der Waals surface area contributed by atoms with E-state index in [-0.39, 0.29) is 5.82 Å². The predicted octanol–water partition coefficient (Wildman–Crippen LogP) is 2.61. The summed E-state index contributed by atoms with van der Waals surface area (Å²) in [6, 6.07) is 10.7. The van der Waals surface area contributed by atoms with Gasteiger partial charge in [-0.05, 0) is 27.6 Å². The first-order valence-corrected chi connectivity index (χ1v) is 5.66. The third-order valence-electron chi connectivity index (χ3n) is 2.59. The summed E-state index contributed by atoms with van der Waals surface area (Å²) in [6.07, 6.45) is 1.41. The smallest absolute Gasteiger partial charge is 0.365 e. The number of nitro groups is 1. The summed E-state index contributed by atoms with van der Waals surface area (Å²) in [4.78, 5) is 13.7. The fraction of sp³-hybridized carbons (Fsp3) is 0.154. The van der Waals surface area contributed by atoms with Gasteiger partial charge in [0.15, 0.2) is 0 Å². The van der Waals surface area contributed by atoms with Crippen molar-refractivity contribution in [3.63, 3.8) is 0 Å². The average Bonchev–Trinajstić information content (AvgIpc) is 2.46. The first-order valence-electron chi connectivity index (χ1n) is 5.66. The minimum absolute atomic E-state index is 0.167. The van der Waals surface area contributed by atoms with E-state index in [0.717, 1.165) is 11.3 Å². The lowest BCUT2D eigenvalue weighted by atomic mass is 10.2. The van der Waals surface area contributed by atoms with Crippen LogP contribution in [-0.2, 0) is 6.54 Å². The number of pyridine rings is 1. The van der Waals surface area contributed by atoms with Gasteiger partial charge in [-0.3, -0.25) is 0 Å². The van der Waals surface area contributed by atoms with Crippen molar-refractivity contribution >= 4 is 11.5 Å². The van der Waals surface area contributed by atoms with Crippen LogP contribution in [0, 0.1) is 10.1 Å². The number of aromatic nitrogens is 1. The molecule has 19 heavy (non-hydrogen) atoms. The lowest BCUT2D eigenvalue weighted by Gasteiger charge is -2.06. The van der Waals surface area contributed by atoms with Gasteiger partial charge in [-0.15, -0.1) is 0 Å². The Bertz CT molecular complexity index is 570. The van der Waals surface area contributed by atoms with E-state index in [0.29, 0.717) is 12.2 Å². The summed E-state index contributed by atoms with van der Waals surface area (Å²) in [5.41, 5.74) is 1.72. The van der Waals surface area contributed by atoms with Gasteiger partial charge in [0.25, 0.3) is 0 Å². The summed E-state index contributed by atoms with van der Waals surface area (Å²) in [6.45, 7) is 0.575. The number of methoxy groups -OCH3 is 1. The molecule has 0 radical (unpaired) electrons. The highest BCUT2D eigenvalue weighted by atomic mass is 16.6. The minimum atomic E-state index is -0.515. The molecule has 6 nitrogen and oxygen atoms in total. The van der Waals surface area contributed by atoms with Crippen molar-refractivity contribution in [1.29, 1.82) is 0 Å². The number of anilines is 1. The van der Waals surface area contributed by atoms with E-state index in [1.165, 1.54) is 12.3 Å². The van der Waals surface area contributed by atoms with E-state index in [1.807, 2.05) is 24.3 Å². The molecule has 2 aromatic rings. The second-order valence-corrected chi connectivity index (χ2v) is 3.86. The zero-order valence-corrected chi connectivity index (χ0v) is 10.4. The average molecular weight is 259 g/mol. The molecule has 0 aliphatic heterocycles. The van der Waals surface area contributed by atoms with Gasteiger partial charge in [-0.25, -0.2) is 0 Å². The Balaban J connectivity index is 2.01. The quantitative estimate of drug-likeness (QED) is 0.659. The zero-order chi connectivity index (χ0) is 13.7. The standard InChI is InChI=1S/C13H13N3O3/c1-19-12-4-2-10(3-5-12)9-15-11-6-7-14-13(8-11)16(17)18/h2-8H,9H2,1H3,(H,14,15). The Kier molecular flexibility index (Phi) is 3.92. The van der Waals surface area contributed by atoms with Crippen LogP contribution in [0.2, 0.25) is 0 Å². The number of nitrogens with zero attached hydrogens (tertiary/aromatic N) is 2. The number of rotatable bonds is 5. The molecule has 0 saturated carbocycles. The molecule has 0 amide bonds. The van der Waals surface area contributed by atoms with Crippen LogP contribution in [-0.4, -0.2) is 17.0 Å². The van der Waals surface area contributed by atoms with Crippen LogP contribution in [0.5, 0.6) is 5.75 Å². The third-order valence-corrected chi connectivity index (χ3v) is 2.59. The highest BCUT2D eigenvalue weighted by Gasteiger charge is 2.06. The van der Waals surface area contributed by atoms with Crippen molar-refractivity contribution in [3.8, 4) is 5.75 Å². The van der Waals surface area contributed by atoms with Crippen LogP contribution >= 0.6 is 0 Å². The number of hydrogen-bond donors (Lipinski definition) is 1. The fourth-order valence-electron chi connectivity index (χ4n) is 1.58. The molecule has 6 heteroatoms. The highest BCUT2D eigenvalue weighted by Crippen LogP contribution is 2.16. The van der Waals surface area contributed by atoms with Gasteiger partial charge in [-0.1, -0.05) is 12.1 Å². The van der Waals surface area contributed by atoms with Crippen molar-refractivity contribution in [2.24, 2.45) is 0 Å². The summed E-state index contributed by atoms with van der Waals surface area (Å²) in [5.74, 6) is 0.628. The Hall–Kier alpha value is -2.63. The van der Waals surface area contributed by atoms with Crippen molar-refractivity contribution in [3.05, 3.63) is 58.3 Å². The molecule has 1 N–H and O–H groups in total. The maximum atomic E-state index is 10.6. The summed E-state index contributed by atoms with van der Waals surface area (Å²) < 4.78 is 5.07. The van der Waals surface area contributed by atoms with Gasteiger partial charge >= 0.3 is 5.82 Å². The van der Waals surface area contributed by atoms with Crippen molar-refractivity contribution in [2.45, 2.75) is 6.54 Å². The topological polar surface area (TPSA) is 77.3 Å². The Morgan fingerprint density at radius 1 is 1.32 bits per heavy atom. The van der Waals surface area contributed by atoms with E-state index < -0.39 is 4.92 Å². The van der Waals surface area contributed by atoms with Crippen LogP contribution in [0.25, 0.3) is 0 Å². The molecule has 0 aliphatic rings. The second kappa shape index (κ2) is 5.81. The molecule has 1 heterocycles. The minimum Gasteiger partial charge on any atom is -0.497 e. The molecule has 1 aromatic carbocycles. The van der Waals surface area contributed by atoms with E-state index in [4.69, 9.17) is 4.74 Å². The summed E-state index contributed by atoms with van der Waals surface area (Å²) in [7, 11) is 1.61. The Morgan fingerprint density at radius 2 is 2.05 bits per heavy atom. The molecule has 0 atom stereocenters. The van der Waals surface area contributed by atoms with Gasteiger partial charge in [0.05, 0.1) is 13.2 Å². The molecule has 1 aromatic heterocycles. The molecule has 0 aliphatic carbocycles. The van der Waals surface area contributed by atoms with Crippen LogP contribution in [0.3, 0.4) is 0 Å². The Morgan fingerprint density at radius 3 is 2.68 bits per heavy atom. The fourth-order valence-corrected chi connectivity index (χ4v) is 1.58. The Labute approximate surface area is 110 Å². The van der Waals surface area contributed by atoms with Gasteiger partial charge in [0.1, 0.15) is 11.9 Å². The van der Waals surface area contributed by atoms with Crippen molar-refractivity contribution in [2.75, 3.05) is 12.4 Å². The van der Waals surface area contributed by atoms with Crippen LogP contribution in [0.15, 0.2) is 42.6 Å². The lowest BCUT2D eigenvalue weighted by Crippen LogP contribution is -2.00. The molecular weight excluding hydrogens is 246 g/mol. The first-order chi connectivity index (χ1) is 9.19. The van der Waals surface area contributed by atoms with Gasteiger partial charge < -0.3 is 20.2 Å². The number of ether oxygens (including phenoxy) is 1. The molecule has 2 rings (SSSR count). The SMILES string of the molecule is COc1ccc(CNc2ccnc([N+](=O)[O-])c2)cc1. The second-order valence-electron chi connectivity index (χ2n) is 3.86. The highest BCUT2D eigenvalue weighted by molar-refractivity contribution is 5.47. The van der Waals surface area contributed by atoms with Crippen LogP contribution < -0.4 is 10.1 Å². The van der Waals surface area contributed by atoms with Crippen molar-refractivity contribution < 1.29 is 9.66 Å². The first kappa shape index (κ1) is 12.8. The van der Waals surface area contributed by atoms with Gasteiger partial charge in [-0.2, -0.15) is 0 Å².